The second kappa shape index (κ2) is 5.77. The minimum absolute atomic E-state index is 0.0235. The maximum absolute atomic E-state index is 11.3. The Kier molecular flexibility index (Phi) is 4.09. The summed E-state index contributed by atoms with van der Waals surface area (Å²) in [5, 5.41) is 6.09. The molecule has 0 saturated carbocycles. The van der Waals surface area contributed by atoms with Crippen LogP contribution in [0, 0.1) is 0 Å². The number of hydrogen-bond acceptors (Lipinski definition) is 5. The number of nitrogens with one attached hydrogen (secondary N) is 2. The second-order valence-electron chi connectivity index (χ2n) is 4.70. The van der Waals surface area contributed by atoms with Crippen LogP contribution in [0.4, 0.5) is 5.95 Å². The lowest BCUT2D eigenvalue weighted by molar-refractivity contribution is -0.120. The highest BCUT2D eigenvalue weighted by atomic mass is 16.2. The molecule has 1 saturated heterocycles. The summed E-state index contributed by atoms with van der Waals surface area (Å²) in [6, 6.07) is 0.440. The first kappa shape index (κ1) is 12.8. The van der Waals surface area contributed by atoms with Gasteiger partial charge < -0.3 is 15.5 Å². The fourth-order valence-corrected chi connectivity index (χ4v) is 1.73. The van der Waals surface area contributed by atoms with E-state index in [1.807, 2.05) is 17.3 Å². The van der Waals surface area contributed by atoms with Crippen LogP contribution in [-0.2, 0) is 11.3 Å². The van der Waals surface area contributed by atoms with Gasteiger partial charge in [0, 0.05) is 43.6 Å². The van der Waals surface area contributed by atoms with E-state index in [0.717, 1.165) is 18.7 Å². The van der Waals surface area contributed by atoms with E-state index in [1.165, 1.54) is 0 Å². The number of carbonyl (C=O) groups excluding carboxylic acids is 1. The lowest BCUT2D eigenvalue weighted by Crippen LogP contribution is -2.48. The van der Waals surface area contributed by atoms with Gasteiger partial charge in [-0.1, -0.05) is 13.8 Å². The zero-order chi connectivity index (χ0) is 13.0. The Labute approximate surface area is 107 Å². The van der Waals surface area contributed by atoms with Gasteiger partial charge in [0.15, 0.2) is 0 Å². The summed E-state index contributed by atoms with van der Waals surface area (Å²) >= 11 is 0. The van der Waals surface area contributed by atoms with E-state index in [1.54, 1.807) is 0 Å². The average Bonchev–Trinajstić information content (AvgIpc) is 2.37. The Morgan fingerprint density at radius 1 is 1.44 bits per heavy atom. The molecule has 0 atom stereocenters. The molecule has 0 bridgehead atoms. The van der Waals surface area contributed by atoms with Gasteiger partial charge in [-0.3, -0.25) is 4.79 Å². The van der Waals surface area contributed by atoms with Crippen molar-refractivity contribution in [3.63, 3.8) is 0 Å². The fourth-order valence-electron chi connectivity index (χ4n) is 1.73. The summed E-state index contributed by atoms with van der Waals surface area (Å²) in [4.78, 5) is 21.8. The molecule has 2 N–H and O–H groups in total. The van der Waals surface area contributed by atoms with Gasteiger partial charge in [-0.2, -0.15) is 0 Å². The number of hydrogen-bond donors (Lipinski definition) is 2. The molecule has 1 aliphatic heterocycles. The third kappa shape index (κ3) is 3.40. The minimum atomic E-state index is 0.0235. The SMILES string of the molecule is CC(C)NCc1cnc(N2CCNC(=O)C2)nc1. The molecule has 0 aromatic carbocycles. The molecular formula is C12H19N5O. The van der Waals surface area contributed by atoms with Crippen LogP contribution in [0.5, 0.6) is 0 Å². The highest BCUT2D eigenvalue weighted by molar-refractivity contribution is 5.81. The van der Waals surface area contributed by atoms with Crippen molar-refractivity contribution in [3.05, 3.63) is 18.0 Å². The van der Waals surface area contributed by atoms with Crippen LogP contribution >= 0.6 is 0 Å². The van der Waals surface area contributed by atoms with E-state index in [4.69, 9.17) is 0 Å². The van der Waals surface area contributed by atoms with Crippen LogP contribution in [0.25, 0.3) is 0 Å². The molecule has 0 radical (unpaired) electrons. The molecule has 1 aromatic heterocycles. The van der Waals surface area contributed by atoms with Crippen LogP contribution in [0.2, 0.25) is 0 Å². The molecular weight excluding hydrogens is 230 g/mol. The van der Waals surface area contributed by atoms with E-state index in [2.05, 4.69) is 34.4 Å². The smallest absolute Gasteiger partial charge is 0.239 e. The highest BCUT2D eigenvalue weighted by Crippen LogP contribution is 2.08. The van der Waals surface area contributed by atoms with Gasteiger partial charge in [-0.15, -0.1) is 0 Å². The molecule has 18 heavy (non-hydrogen) atoms. The van der Waals surface area contributed by atoms with Gasteiger partial charge in [0.25, 0.3) is 0 Å². The van der Waals surface area contributed by atoms with Crippen molar-refractivity contribution < 1.29 is 4.79 Å². The van der Waals surface area contributed by atoms with Gasteiger partial charge >= 0.3 is 0 Å². The monoisotopic (exact) mass is 249 g/mol. The highest BCUT2D eigenvalue weighted by Gasteiger charge is 2.18. The van der Waals surface area contributed by atoms with Crippen LogP contribution in [0.3, 0.4) is 0 Å². The molecule has 2 rings (SSSR count). The molecule has 1 fully saturated rings. The summed E-state index contributed by atoms with van der Waals surface area (Å²) in [7, 11) is 0. The molecule has 2 heterocycles. The van der Waals surface area contributed by atoms with Gasteiger partial charge in [0.05, 0.1) is 6.54 Å². The van der Waals surface area contributed by atoms with E-state index in [9.17, 15) is 4.79 Å². The summed E-state index contributed by atoms with van der Waals surface area (Å²) in [5.74, 6) is 0.647. The van der Waals surface area contributed by atoms with Crippen LogP contribution in [0.1, 0.15) is 19.4 Å². The first-order chi connectivity index (χ1) is 8.65. The van der Waals surface area contributed by atoms with Gasteiger partial charge in [-0.25, -0.2) is 9.97 Å². The number of piperazine rings is 1. The molecule has 0 spiro atoms. The summed E-state index contributed by atoms with van der Waals surface area (Å²) in [6.45, 7) is 6.71. The molecule has 0 unspecified atom stereocenters. The van der Waals surface area contributed by atoms with Gasteiger partial charge in [0.2, 0.25) is 11.9 Å². The van der Waals surface area contributed by atoms with Crippen LogP contribution in [0.15, 0.2) is 12.4 Å². The quantitative estimate of drug-likeness (QED) is 0.780. The van der Waals surface area contributed by atoms with Crippen LogP contribution < -0.4 is 15.5 Å². The average molecular weight is 249 g/mol. The molecule has 6 heteroatoms. The minimum Gasteiger partial charge on any atom is -0.353 e. The normalized spacial score (nSPS) is 15.9. The van der Waals surface area contributed by atoms with Gasteiger partial charge in [0.1, 0.15) is 0 Å². The number of anilines is 1. The van der Waals surface area contributed by atoms with Gasteiger partial charge in [-0.05, 0) is 0 Å². The van der Waals surface area contributed by atoms with E-state index in [0.29, 0.717) is 25.1 Å². The number of aromatic nitrogens is 2. The number of rotatable bonds is 4. The molecule has 6 nitrogen and oxygen atoms in total. The molecule has 0 aliphatic carbocycles. The summed E-state index contributed by atoms with van der Waals surface area (Å²) < 4.78 is 0. The van der Waals surface area contributed by atoms with Crippen molar-refractivity contribution in [3.8, 4) is 0 Å². The summed E-state index contributed by atoms with van der Waals surface area (Å²) in [6.07, 6.45) is 3.62. The van der Waals surface area contributed by atoms with Crippen molar-refractivity contribution in [1.29, 1.82) is 0 Å². The van der Waals surface area contributed by atoms with Crippen molar-refractivity contribution in [2.75, 3.05) is 24.5 Å². The lowest BCUT2D eigenvalue weighted by atomic mass is 10.3. The van der Waals surface area contributed by atoms with Crippen molar-refractivity contribution >= 4 is 11.9 Å². The third-order valence-corrected chi connectivity index (χ3v) is 2.73. The number of nitrogens with zero attached hydrogens (tertiary/aromatic N) is 3. The second-order valence-corrected chi connectivity index (χ2v) is 4.70. The molecule has 1 aliphatic rings. The maximum atomic E-state index is 11.3. The van der Waals surface area contributed by atoms with E-state index in [-0.39, 0.29) is 5.91 Å². The van der Waals surface area contributed by atoms with E-state index >= 15 is 0 Å². The Morgan fingerprint density at radius 2 is 2.17 bits per heavy atom. The largest absolute Gasteiger partial charge is 0.353 e. The predicted octanol–water partition coefficient (Wildman–Crippen LogP) is -0.0892. The maximum Gasteiger partial charge on any atom is 0.239 e. The Balaban J connectivity index is 1.96. The van der Waals surface area contributed by atoms with Crippen molar-refractivity contribution in [1.82, 2.24) is 20.6 Å². The fraction of sp³-hybridized carbons (Fsp3) is 0.583. The lowest BCUT2D eigenvalue weighted by Gasteiger charge is -2.26. The number of amides is 1. The molecule has 98 valence electrons. The number of carbonyl (C=O) groups is 1. The molecule has 1 amide bonds. The third-order valence-electron chi connectivity index (χ3n) is 2.73. The Bertz CT molecular complexity index is 403. The van der Waals surface area contributed by atoms with Crippen molar-refractivity contribution in [2.45, 2.75) is 26.4 Å². The standard InChI is InChI=1S/C12H19N5O/c1-9(2)14-5-10-6-15-12(16-7-10)17-4-3-13-11(18)8-17/h6-7,9,14H,3-5,8H2,1-2H3,(H,13,18). The molecule has 1 aromatic rings. The first-order valence-corrected chi connectivity index (χ1v) is 6.21. The summed E-state index contributed by atoms with van der Waals surface area (Å²) in [5.41, 5.74) is 1.05. The van der Waals surface area contributed by atoms with E-state index < -0.39 is 0 Å². The zero-order valence-corrected chi connectivity index (χ0v) is 10.8. The predicted molar refractivity (Wildman–Crippen MR) is 69.2 cm³/mol. The first-order valence-electron chi connectivity index (χ1n) is 6.21. The van der Waals surface area contributed by atoms with Crippen molar-refractivity contribution in [2.24, 2.45) is 0 Å². The Morgan fingerprint density at radius 3 is 2.78 bits per heavy atom. The topological polar surface area (TPSA) is 70.2 Å². The van der Waals surface area contributed by atoms with Crippen LogP contribution in [-0.4, -0.2) is 41.6 Å². The Hall–Kier alpha value is -1.69. The zero-order valence-electron chi connectivity index (χ0n) is 10.8.